The number of nitrogens with zero attached hydrogens (tertiary/aromatic N) is 1. The molecular weight excluding hydrogens is 546 g/mol. The molecule has 3 aromatic rings. The van der Waals surface area contributed by atoms with Crippen molar-refractivity contribution in [2.45, 2.75) is 30.1 Å². The summed E-state index contributed by atoms with van der Waals surface area (Å²) in [5.41, 5.74) is 2.97. The molecule has 3 aromatic carbocycles. The number of morpholine rings is 1. The van der Waals surface area contributed by atoms with E-state index in [1.54, 1.807) is 18.7 Å². The van der Waals surface area contributed by atoms with Gasteiger partial charge in [0.2, 0.25) is 0 Å². The first kappa shape index (κ1) is 29.8. The largest absolute Gasteiger partial charge is 0.493 e. The second-order valence-corrected chi connectivity index (χ2v) is 10.8. The average molecular weight is 580 g/mol. The van der Waals surface area contributed by atoms with Crippen LogP contribution in [-0.4, -0.2) is 63.5 Å². The summed E-state index contributed by atoms with van der Waals surface area (Å²) >= 11 is 7.76. The molecular formula is C32H34ClNO5S. The first-order valence-electron chi connectivity index (χ1n) is 13.4. The zero-order chi connectivity index (χ0) is 28.2. The molecule has 1 aliphatic rings. The number of ether oxygens (including phenoxy) is 4. The molecule has 210 valence electrons. The fourth-order valence-corrected chi connectivity index (χ4v) is 5.32. The molecule has 0 bridgehead atoms. The fraction of sp³-hybridized carbons (Fsp3) is 0.344. The molecule has 4 rings (SSSR count). The smallest absolute Gasteiger partial charge is 0.344 e. The highest BCUT2D eigenvalue weighted by molar-refractivity contribution is 7.99. The lowest BCUT2D eigenvalue weighted by molar-refractivity contribution is -0.145. The quantitative estimate of drug-likeness (QED) is 0.202. The van der Waals surface area contributed by atoms with Gasteiger partial charge in [0.05, 0.1) is 33.0 Å². The highest BCUT2D eigenvalue weighted by atomic mass is 35.5. The Morgan fingerprint density at radius 2 is 1.90 bits per heavy atom. The Bertz CT molecular complexity index is 1350. The number of hydrogen-bond donors (Lipinski definition) is 0. The number of esters is 1. The first-order valence-corrected chi connectivity index (χ1v) is 14.6. The monoisotopic (exact) mass is 579 g/mol. The van der Waals surface area contributed by atoms with E-state index in [4.69, 9.17) is 30.5 Å². The van der Waals surface area contributed by atoms with Crippen molar-refractivity contribution in [2.75, 3.05) is 52.7 Å². The van der Waals surface area contributed by atoms with E-state index in [0.29, 0.717) is 25.5 Å². The summed E-state index contributed by atoms with van der Waals surface area (Å²) in [5, 5.41) is 0.723. The molecule has 0 unspecified atom stereocenters. The summed E-state index contributed by atoms with van der Waals surface area (Å²) in [6.07, 6.45) is 0.752. The van der Waals surface area contributed by atoms with Gasteiger partial charge in [0.15, 0.2) is 6.61 Å². The highest BCUT2D eigenvalue weighted by Crippen LogP contribution is 2.34. The number of halogens is 1. The van der Waals surface area contributed by atoms with Crippen molar-refractivity contribution >= 4 is 29.3 Å². The van der Waals surface area contributed by atoms with Crippen molar-refractivity contribution in [1.29, 1.82) is 0 Å². The molecule has 1 fully saturated rings. The van der Waals surface area contributed by atoms with Crippen LogP contribution in [0.25, 0.3) is 0 Å². The SMILES string of the molecule is CCOC(=O)COc1ccc(Sc2cc(C#CCN3CCOCC3)cc(OCCc3cccc(Cl)c3)c2)cc1C. The third-order valence-corrected chi connectivity index (χ3v) is 7.30. The molecule has 0 amide bonds. The minimum atomic E-state index is -0.380. The standard InChI is InChI=1S/C32H34ClNO5S/c1-3-37-32(35)23-39-31-10-9-29(18-24(31)2)40-30-21-26(7-5-12-34-13-16-36-17-14-34)20-28(22-30)38-15-11-25-6-4-8-27(33)19-25/h4,6,8-10,18-22H,3,11-17,23H2,1-2H3. The van der Waals surface area contributed by atoms with Crippen LogP contribution in [-0.2, 0) is 20.7 Å². The molecule has 0 spiro atoms. The molecule has 0 radical (unpaired) electrons. The predicted molar refractivity (Wildman–Crippen MR) is 159 cm³/mol. The van der Waals surface area contributed by atoms with Crippen molar-refractivity contribution < 1.29 is 23.7 Å². The van der Waals surface area contributed by atoms with Gasteiger partial charge in [-0.25, -0.2) is 4.79 Å². The van der Waals surface area contributed by atoms with Crippen LogP contribution in [0.5, 0.6) is 11.5 Å². The Morgan fingerprint density at radius 3 is 2.67 bits per heavy atom. The van der Waals surface area contributed by atoms with Gasteiger partial charge in [-0.2, -0.15) is 0 Å². The van der Waals surface area contributed by atoms with Crippen LogP contribution in [0, 0.1) is 18.8 Å². The van der Waals surface area contributed by atoms with Gasteiger partial charge >= 0.3 is 5.97 Å². The second kappa shape index (κ2) is 15.6. The van der Waals surface area contributed by atoms with Gasteiger partial charge in [-0.15, -0.1) is 0 Å². The fourth-order valence-electron chi connectivity index (χ4n) is 4.10. The Labute approximate surface area is 245 Å². The minimum Gasteiger partial charge on any atom is -0.493 e. The third-order valence-electron chi connectivity index (χ3n) is 6.10. The molecule has 1 aliphatic heterocycles. The highest BCUT2D eigenvalue weighted by Gasteiger charge is 2.10. The number of rotatable bonds is 11. The van der Waals surface area contributed by atoms with E-state index in [2.05, 4.69) is 22.8 Å². The molecule has 0 aromatic heterocycles. The molecule has 40 heavy (non-hydrogen) atoms. The summed E-state index contributed by atoms with van der Waals surface area (Å²) < 4.78 is 22.2. The summed E-state index contributed by atoms with van der Waals surface area (Å²) in [6.45, 7) is 8.51. The number of benzene rings is 3. The molecule has 1 heterocycles. The van der Waals surface area contributed by atoms with E-state index in [9.17, 15) is 4.79 Å². The van der Waals surface area contributed by atoms with Gasteiger partial charge in [-0.1, -0.05) is 47.3 Å². The van der Waals surface area contributed by atoms with Crippen molar-refractivity contribution in [3.05, 3.63) is 82.4 Å². The normalized spacial score (nSPS) is 13.3. The maximum atomic E-state index is 11.6. The number of hydrogen-bond acceptors (Lipinski definition) is 7. The Hall–Kier alpha value is -3.15. The maximum absolute atomic E-state index is 11.6. The van der Waals surface area contributed by atoms with Gasteiger partial charge < -0.3 is 18.9 Å². The summed E-state index contributed by atoms with van der Waals surface area (Å²) in [5.74, 6) is 7.69. The molecule has 0 atom stereocenters. The molecule has 8 heteroatoms. The van der Waals surface area contributed by atoms with Crippen molar-refractivity contribution in [3.63, 3.8) is 0 Å². The topological polar surface area (TPSA) is 57.2 Å². The first-order chi connectivity index (χ1) is 19.5. The van der Waals surface area contributed by atoms with E-state index < -0.39 is 0 Å². The lowest BCUT2D eigenvalue weighted by Gasteiger charge is -2.24. The van der Waals surface area contributed by atoms with Gasteiger partial charge in [-0.05, 0) is 73.5 Å². The molecule has 1 saturated heterocycles. The van der Waals surface area contributed by atoms with E-state index in [0.717, 1.165) is 70.0 Å². The van der Waals surface area contributed by atoms with Crippen LogP contribution >= 0.6 is 23.4 Å². The van der Waals surface area contributed by atoms with Crippen molar-refractivity contribution in [2.24, 2.45) is 0 Å². The van der Waals surface area contributed by atoms with E-state index in [1.807, 2.05) is 61.5 Å². The molecule has 0 aliphatic carbocycles. The molecule has 6 nitrogen and oxygen atoms in total. The Morgan fingerprint density at radius 1 is 1.05 bits per heavy atom. The van der Waals surface area contributed by atoms with E-state index >= 15 is 0 Å². The number of aryl methyl sites for hydroxylation is 1. The lowest BCUT2D eigenvalue weighted by Crippen LogP contribution is -2.36. The van der Waals surface area contributed by atoms with Crippen LogP contribution in [0.3, 0.4) is 0 Å². The van der Waals surface area contributed by atoms with Gasteiger partial charge in [0.25, 0.3) is 0 Å². The minimum absolute atomic E-state index is 0.109. The zero-order valence-corrected chi connectivity index (χ0v) is 24.5. The zero-order valence-electron chi connectivity index (χ0n) is 22.9. The van der Waals surface area contributed by atoms with Crippen LogP contribution in [0.2, 0.25) is 5.02 Å². The predicted octanol–water partition coefficient (Wildman–Crippen LogP) is 6.05. The summed E-state index contributed by atoms with van der Waals surface area (Å²) in [7, 11) is 0. The third kappa shape index (κ3) is 9.79. The summed E-state index contributed by atoms with van der Waals surface area (Å²) in [4.78, 5) is 16.0. The van der Waals surface area contributed by atoms with E-state index in [1.165, 1.54) is 0 Å². The average Bonchev–Trinajstić information content (AvgIpc) is 2.93. The van der Waals surface area contributed by atoms with Gasteiger partial charge in [-0.3, -0.25) is 4.90 Å². The lowest BCUT2D eigenvalue weighted by atomic mass is 10.2. The molecule has 0 N–H and O–H groups in total. The Kier molecular flexibility index (Phi) is 11.6. The Balaban J connectivity index is 1.46. The number of carbonyl (C=O) groups excluding carboxylic acids is 1. The molecule has 0 saturated carbocycles. The number of carbonyl (C=O) groups is 1. The van der Waals surface area contributed by atoms with Crippen LogP contribution in [0.15, 0.2) is 70.5 Å². The van der Waals surface area contributed by atoms with Crippen molar-refractivity contribution in [1.82, 2.24) is 4.90 Å². The maximum Gasteiger partial charge on any atom is 0.344 e. The van der Waals surface area contributed by atoms with Gasteiger partial charge in [0, 0.05) is 39.9 Å². The van der Waals surface area contributed by atoms with Crippen LogP contribution in [0.1, 0.15) is 23.6 Å². The second-order valence-electron chi connectivity index (χ2n) is 9.23. The van der Waals surface area contributed by atoms with Gasteiger partial charge in [0.1, 0.15) is 11.5 Å². The van der Waals surface area contributed by atoms with Crippen molar-refractivity contribution in [3.8, 4) is 23.3 Å². The summed E-state index contributed by atoms with van der Waals surface area (Å²) in [6, 6.07) is 19.8. The van der Waals surface area contributed by atoms with Crippen LogP contribution < -0.4 is 9.47 Å². The van der Waals surface area contributed by atoms with Crippen LogP contribution in [0.4, 0.5) is 0 Å². The van der Waals surface area contributed by atoms with E-state index in [-0.39, 0.29) is 12.6 Å².